The molecule has 9 aromatic rings. The summed E-state index contributed by atoms with van der Waals surface area (Å²) in [5, 5.41) is 10.4. The minimum atomic E-state index is 0.990. The summed E-state index contributed by atoms with van der Waals surface area (Å²) in [7, 11) is 0. The fourth-order valence-electron chi connectivity index (χ4n) is 7.10. The first-order chi connectivity index (χ1) is 22.1. The van der Waals surface area contributed by atoms with Gasteiger partial charge in [0, 0.05) is 31.3 Å². The lowest BCUT2D eigenvalue weighted by Gasteiger charge is -2.16. The maximum absolute atomic E-state index is 5.36. The summed E-state index contributed by atoms with van der Waals surface area (Å²) in [6.45, 7) is 4.39. The van der Waals surface area contributed by atoms with E-state index in [1.807, 2.05) is 11.3 Å². The highest BCUT2D eigenvalue weighted by molar-refractivity contribution is 7.26. The highest BCUT2D eigenvalue weighted by Crippen LogP contribution is 2.42. The van der Waals surface area contributed by atoms with E-state index in [0.717, 1.165) is 17.0 Å². The molecule has 7 aromatic carbocycles. The van der Waals surface area contributed by atoms with Gasteiger partial charge in [0.2, 0.25) is 0 Å². The first-order valence-corrected chi connectivity index (χ1v) is 16.3. The number of fused-ring (bicyclic) bond motifs is 9. The zero-order valence-corrected chi connectivity index (χ0v) is 26.0. The number of thiophene rings is 1. The molecule has 0 aliphatic heterocycles. The van der Waals surface area contributed by atoms with Crippen LogP contribution < -0.4 is 0 Å². The van der Waals surface area contributed by atoms with Gasteiger partial charge < -0.3 is 0 Å². The van der Waals surface area contributed by atoms with Crippen molar-refractivity contribution >= 4 is 63.8 Å². The molecular weight excluding hydrogens is 563 g/mol. The van der Waals surface area contributed by atoms with Crippen molar-refractivity contribution in [1.82, 2.24) is 4.98 Å². The average molecular weight is 592 g/mol. The lowest BCUT2D eigenvalue weighted by atomic mass is 9.90. The Morgan fingerprint density at radius 3 is 1.78 bits per heavy atom. The standard InChI is InChI=1S/C43H29NS/c1-26-21-22-40(29-12-9-11-28(24-29)30-18-10-19-36-35-17-7-8-20-41(35)45-43(30)36)44-42(26)37-25-39-34-16-6-4-14-32(34)31-13-3-5-15-33(31)38(39)23-27(37)2/h3-25H,1-2H3. The van der Waals surface area contributed by atoms with Gasteiger partial charge in [-0.05, 0) is 92.7 Å². The summed E-state index contributed by atoms with van der Waals surface area (Å²) < 4.78 is 2.66. The molecule has 0 unspecified atom stereocenters. The molecule has 2 heterocycles. The van der Waals surface area contributed by atoms with Crippen LogP contribution in [-0.4, -0.2) is 4.98 Å². The number of nitrogens with zero attached hydrogens (tertiary/aromatic N) is 1. The van der Waals surface area contributed by atoms with E-state index in [2.05, 4.69) is 153 Å². The van der Waals surface area contributed by atoms with Gasteiger partial charge in [-0.3, -0.25) is 0 Å². The van der Waals surface area contributed by atoms with Crippen molar-refractivity contribution in [2.45, 2.75) is 13.8 Å². The predicted octanol–water partition coefficient (Wildman–Crippen LogP) is 12.5. The van der Waals surface area contributed by atoms with Gasteiger partial charge in [-0.2, -0.15) is 0 Å². The van der Waals surface area contributed by atoms with Crippen molar-refractivity contribution in [2.75, 3.05) is 0 Å². The zero-order valence-electron chi connectivity index (χ0n) is 25.1. The molecular formula is C43H29NS. The third kappa shape index (κ3) is 4.10. The molecule has 0 N–H and O–H groups in total. The van der Waals surface area contributed by atoms with Gasteiger partial charge in [-0.1, -0.05) is 115 Å². The third-order valence-electron chi connectivity index (χ3n) is 9.31. The van der Waals surface area contributed by atoms with E-state index in [1.54, 1.807) is 0 Å². The second-order valence-corrected chi connectivity index (χ2v) is 13.1. The summed E-state index contributed by atoms with van der Waals surface area (Å²) in [6.07, 6.45) is 0. The Hall–Kier alpha value is -5.31. The maximum Gasteiger partial charge on any atom is 0.0741 e. The molecule has 0 amide bonds. The Morgan fingerprint density at radius 1 is 0.422 bits per heavy atom. The number of hydrogen-bond acceptors (Lipinski definition) is 2. The van der Waals surface area contributed by atoms with Gasteiger partial charge in [0.15, 0.2) is 0 Å². The van der Waals surface area contributed by atoms with Crippen molar-refractivity contribution in [2.24, 2.45) is 0 Å². The summed E-state index contributed by atoms with van der Waals surface area (Å²) >= 11 is 1.87. The van der Waals surface area contributed by atoms with E-state index < -0.39 is 0 Å². The lowest BCUT2D eigenvalue weighted by Crippen LogP contribution is -1.95. The highest BCUT2D eigenvalue weighted by atomic mass is 32.1. The number of rotatable bonds is 3. The first kappa shape index (κ1) is 26.1. The number of benzene rings is 7. The summed E-state index contributed by atoms with van der Waals surface area (Å²) in [6, 6.07) is 50.9. The largest absolute Gasteiger partial charge is 0.248 e. The smallest absolute Gasteiger partial charge is 0.0741 e. The molecule has 9 rings (SSSR count). The molecule has 0 spiro atoms. The summed E-state index contributed by atoms with van der Waals surface area (Å²) in [4.78, 5) is 5.36. The molecule has 0 radical (unpaired) electrons. The minimum absolute atomic E-state index is 0.990. The summed E-state index contributed by atoms with van der Waals surface area (Å²) in [5.74, 6) is 0. The van der Waals surface area contributed by atoms with Gasteiger partial charge in [0.1, 0.15) is 0 Å². The molecule has 0 aliphatic carbocycles. The molecule has 0 saturated carbocycles. The topological polar surface area (TPSA) is 12.9 Å². The van der Waals surface area contributed by atoms with Crippen molar-refractivity contribution in [3.05, 3.63) is 151 Å². The van der Waals surface area contributed by atoms with E-state index >= 15 is 0 Å². The van der Waals surface area contributed by atoms with Gasteiger partial charge in [0.25, 0.3) is 0 Å². The molecule has 0 aliphatic rings. The van der Waals surface area contributed by atoms with Crippen LogP contribution in [0, 0.1) is 13.8 Å². The Labute approximate surface area is 266 Å². The second-order valence-electron chi connectivity index (χ2n) is 12.0. The van der Waals surface area contributed by atoms with Crippen molar-refractivity contribution in [3.63, 3.8) is 0 Å². The highest BCUT2D eigenvalue weighted by Gasteiger charge is 2.16. The van der Waals surface area contributed by atoms with Crippen LogP contribution >= 0.6 is 11.3 Å². The molecule has 0 atom stereocenters. The van der Waals surface area contributed by atoms with Crippen LogP contribution in [0.15, 0.2) is 140 Å². The van der Waals surface area contributed by atoms with Crippen molar-refractivity contribution in [1.29, 1.82) is 0 Å². The van der Waals surface area contributed by atoms with Crippen molar-refractivity contribution in [3.8, 4) is 33.6 Å². The number of pyridine rings is 1. The molecule has 0 saturated heterocycles. The molecule has 0 bridgehead atoms. The van der Waals surface area contributed by atoms with E-state index in [-0.39, 0.29) is 0 Å². The van der Waals surface area contributed by atoms with Crippen LogP contribution in [0.3, 0.4) is 0 Å². The van der Waals surface area contributed by atoms with Gasteiger partial charge in [-0.15, -0.1) is 11.3 Å². The normalized spacial score (nSPS) is 11.8. The van der Waals surface area contributed by atoms with Crippen LogP contribution in [0.2, 0.25) is 0 Å². The molecule has 2 aromatic heterocycles. The third-order valence-corrected chi connectivity index (χ3v) is 10.5. The van der Waals surface area contributed by atoms with Gasteiger partial charge in [0.05, 0.1) is 11.4 Å². The van der Waals surface area contributed by atoms with Crippen molar-refractivity contribution < 1.29 is 0 Å². The zero-order chi connectivity index (χ0) is 30.1. The van der Waals surface area contributed by atoms with Crippen LogP contribution in [0.4, 0.5) is 0 Å². The van der Waals surface area contributed by atoms with Crippen LogP contribution in [-0.2, 0) is 0 Å². The molecule has 1 nitrogen and oxygen atoms in total. The average Bonchev–Trinajstić information content (AvgIpc) is 3.48. The molecule has 2 heteroatoms. The number of hydrogen-bond donors (Lipinski definition) is 0. The molecule has 45 heavy (non-hydrogen) atoms. The Balaban J connectivity index is 1.21. The molecule has 212 valence electrons. The van der Waals surface area contributed by atoms with E-state index in [9.17, 15) is 0 Å². The Bertz CT molecular complexity index is 2620. The van der Waals surface area contributed by atoms with E-state index in [4.69, 9.17) is 4.98 Å². The fourth-order valence-corrected chi connectivity index (χ4v) is 8.34. The Kier molecular flexibility index (Phi) is 5.88. The molecule has 0 fully saturated rings. The fraction of sp³-hybridized carbons (Fsp3) is 0.0465. The predicted molar refractivity (Wildman–Crippen MR) is 195 cm³/mol. The van der Waals surface area contributed by atoms with E-state index in [0.29, 0.717) is 0 Å². The lowest BCUT2D eigenvalue weighted by molar-refractivity contribution is 1.26. The minimum Gasteiger partial charge on any atom is -0.248 e. The maximum atomic E-state index is 5.36. The van der Waals surface area contributed by atoms with Gasteiger partial charge in [-0.25, -0.2) is 4.98 Å². The van der Waals surface area contributed by atoms with E-state index in [1.165, 1.54) is 80.3 Å². The summed E-state index contributed by atoms with van der Waals surface area (Å²) in [5.41, 5.74) is 9.25. The van der Waals surface area contributed by atoms with Crippen LogP contribution in [0.1, 0.15) is 11.1 Å². The van der Waals surface area contributed by atoms with Crippen LogP contribution in [0.25, 0.3) is 86.1 Å². The first-order valence-electron chi connectivity index (χ1n) is 15.5. The van der Waals surface area contributed by atoms with Gasteiger partial charge >= 0.3 is 0 Å². The van der Waals surface area contributed by atoms with Crippen LogP contribution in [0.5, 0.6) is 0 Å². The Morgan fingerprint density at radius 2 is 1.02 bits per heavy atom. The second kappa shape index (κ2) is 10.1. The number of aromatic nitrogens is 1. The number of aryl methyl sites for hydroxylation is 2. The quantitative estimate of drug-likeness (QED) is 0.186. The SMILES string of the molecule is Cc1cc2c3ccccc3c3ccccc3c2cc1-c1nc(-c2cccc(-c3cccc4c3sc3ccccc34)c2)ccc1C. The monoisotopic (exact) mass is 591 g/mol.